The minimum absolute atomic E-state index is 0.00723. The molecule has 1 saturated carbocycles. The van der Waals surface area contributed by atoms with Crippen LogP contribution >= 0.6 is 0 Å². The fourth-order valence-corrected chi connectivity index (χ4v) is 4.03. The number of pyridine rings is 1. The standard InChI is InChI=1S/C23H25F5N4O3/c1-11-5-16(18-31-32-20(35-18)29-12-8-22(33,9-12)19(24)25)30-17-14(11)6-13(34-10-23(26,27)28)7-15(17)21(2,3)4/h5-7,12,19,33H,8-10H2,1-4H3,(H,29,32)/t12-,22+. The van der Waals surface area contributed by atoms with Crippen molar-refractivity contribution in [3.8, 4) is 17.3 Å². The van der Waals surface area contributed by atoms with E-state index in [1.807, 2.05) is 20.8 Å². The first kappa shape index (κ1) is 25.1. The summed E-state index contributed by atoms with van der Waals surface area (Å²) in [6, 6.07) is 4.30. The molecule has 0 amide bonds. The Hall–Kier alpha value is -3.02. The molecular weight excluding hydrogens is 475 g/mol. The average molecular weight is 500 g/mol. The van der Waals surface area contributed by atoms with Crippen molar-refractivity contribution in [3.63, 3.8) is 0 Å². The Morgan fingerprint density at radius 2 is 1.86 bits per heavy atom. The second-order valence-corrected chi connectivity index (χ2v) is 9.91. The van der Waals surface area contributed by atoms with Crippen molar-refractivity contribution in [1.82, 2.24) is 15.2 Å². The lowest BCUT2D eigenvalue weighted by Gasteiger charge is -2.42. The molecule has 2 N–H and O–H groups in total. The van der Waals surface area contributed by atoms with Crippen LogP contribution in [-0.4, -0.2) is 51.1 Å². The van der Waals surface area contributed by atoms with Gasteiger partial charge in [-0.25, -0.2) is 13.8 Å². The molecule has 0 atom stereocenters. The van der Waals surface area contributed by atoms with Crippen molar-refractivity contribution in [2.24, 2.45) is 0 Å². The maximum absolute atomic E-state index is 12.8. The lowest BCUT2D eigenvalue weighted by Crippen LogP contribution is -2.55. The third-order valence-electron chi connectivity index (χ3n) is 5.88. The van der Waals surface area contributed by atoms with Gasteiger partial charge in [0.1, 0.15) is 17.0 Å². The summed E-state index contributed by atoms with van der Waals surface area (Å²) in [5, 5.41) is 21.0. The van der Waals surface area contributed by atoms with E-state index in [0.717, 1.165) is 0 Å². The molecule has 0 saturated heterocycles. The predicted molar refractivity (Wildman–Crippen MR) is 118 cm³/mol. The van der Waals surface area contributed by atoms with Gasteiger partial charge >= 0.3 is 12.2 Å². The molecule has 0 radical (unpaired) electrons. The highest BCUT2D eigenvalue weighted by atomic mass is 19.4. The lowest BCUT2D eigenvalue weighted by atomic mass is 9.76. The van der Waals surface area contributed by atoms with Crippen molar-refractivity contribution >= 4 is 16.9 Å². The van der Waals surface area contributed by atoms with Crippen LogP contribution in [0.25, 0.3) is 22.5 Å². The molecule has 0 unspecified atom stereocenters. The van der Waals surface area contributed by atoms with Gasteiger partial charge in [-0.2, -0.15) is 13.2 Å². The number of nitrogens with zero attached hydrogens (tertiary/aromatic N) is 3. The minimum Gasteiger partial charge on any atom is -0.484 e. The highest BCUT2D eigenvalue weighted by molar-refractivity contribution is 5.89. The second kappa shape index (κ2) is 8.58. The van der Waals surface area contributed by atoms with Crippen LogP contribution in [0.3, 0.4) is 0 Å². The van der Waals surface area contributed by atoms with Gasteiger partial charge in [0.25, 0.3) is 12.3 Å². The number of hydrogen-bond acceptors (Lipinski definition) is 7. The average Bonchev–Trinajstić information content (AvgIpc) is 3.18. The van der Waals surface area contributed by atoms with Crippen LogP contribution in [0.15, 0.2) is 22.6 Å². The van der Waals surface area contributed by atoms with E-state index in [2.05, 4.69) is 20.5 Å². The Morgan fingerprint density at radius 3 is 2.46 bits per heavy atom. The first-order valence-electron chi connectivity index (χ1n) is 10.9. The van der Waals surface area contributed by atoms with E-state index in [9.17, 15) is 27.1 Å². The summed E-state index contributed by atoms with van der Waals surface area (Å²) in [7, 11) is 0. The van der Waals surface area contributed by atoms with Crippen LogP contribution < -0.4 is 10.1 Å². The summed E-state index contributed by atoms with van der Waals surface area (Å²) in [6.07, 6.45) is -7.60. The van der Waals surface area contributed by atoms with Gasteiger partial charge in [0.15, 0.2) is 6.61 Å². The van der Waals surface area contributed by atoms with Gasteiger partial charge in [-0.05, 0) is 41.7 Å². The third kappa shape index (κ3) is 5.31. The van der Waals surface area contributed by atoms with Gasteiger partial charge in [0.2, 0.25) is 0 Å². The first-order chi connectivity index (χ1) is 16.1. The van der Waals surface area contributed by atoms with Crippen LogP contribution in [0.4, 0.5) is 28.0 Å². The fraction of sp³-hybridized carbons (Fsp3) is 0.522. The Balaban J connectivity index is 1.64. The number of benzene rings is 1. The molecule has 0 spiro atoms. The van der Waals surface area contributed by atoms with Crippen molar-refractivity contribution in [1.29, 1.82) is 0 Å². The predicted octanol–water partition coefficient (Wildman–Crippen LogP) is 5.40. The number of aliphatic hydroxyl groups is 1. The molecule has 4 rings (SSSR count). The first-order valence-corrected chi connectivity index (χ1v) is 10.9. The number of aromatic nitrogens is 3. The van der Waals surface area contributed by atoms with Crippen molar-refractivity contribution in [2.45, 2.75) is 70.2 Å². The van der Waals surface area contributed by atoms with Crippen LogP contribution in [-0.2, 0) is 5.41 Å². The summed E-state index contributed by atoms with van der Waals surface area (Å²) >= 11 is 0. The molecule has 12 heteroatoms. The largest absolute Gasteiger partial charge is 0.484 e. The molecular formula is C23H25F5N4O3. The van der Waals surface area contributed by atoms with Gasteiger partial charge in [-0.15, -0.1) is 5.10 Å². The van der Waals surface area contributed by atoms with Gasteiger partial charge in [-0.3, -0.25) is 0 Å². The molecule has 1 aliphatic rings. The molecule has 2 aromatic heterocycles. The number of hydrogen-bond donors (Lipinski definition) is 2. The molecule has 7 nitrogen and oxygen atoms in total. The van der Waals surface area contributed by atoms with Gasteiger partial charge in [-0.1, -0.05) is 25.9 Å². The minimum atomic E-state index is -4.46. The molecule has 0 bridgehead atoms. The fourth-order valence-electron chi connectivity index (χ4n) is 4.03. The summed E-state index contributed by atoms with van der Waals surface area (Å²) in [4.78, 5) is 4.65. The van der Waals surface area contributed by atoms with E-state index >= 15 is 0 Å². The van der Waals surface area contributed by atoms with Crippen molar-refractivity contribution in [3.05, 3.63) is 29.3 Å². The Morgan fingerprint density at radius 1 is 1.17 bits per heavy atom. The zero-order valence-electron chi connectivity index (χ0n) is 19.5. The van der Waals surface area contributed by atoms with Gasteiger partial charge in [0, 0.05) is 24.3 Å². The van der Waals surface area contributed by atoms with Gasteiger partial charge in [0.05, 0.1) is 5.52 Å². The van der Waals surface area contributed by atoms with E-state index < -0.39 is 36.3 Å². The Labute approximate surface area is 197 Å². The molecule has 35 heavy (non-hydrogen) atoms. The van der Waals surface area contributed by atoms with Gasteiger partial charge < -0.3 is 19.6 Å². The number of alkyl halides is 5. The molecule has 190 valence electrons. The van der Waals surface area contributed by atoms with E-state index in [1.165, 1.54) is 6.07 Å². The quantitative estimate of drug-likeness (QED) is 0.438. The monoisotopic (exact) mass is 500 g/mol. The smallest absolute Gasteiger partial charge is 0.422 e. The number of ether oxygens (including phenoxy) is 1. The van der Waals surface area contributed by atoms with Crippen LogP contribution in [0.2, 0.25) is 0 Å². The zero-order valence-corrected chi connectivity index (χ0v) is 19.5. The topological polar surface area (TPSA) is 93.3 Å². The van der Waals surface area contributed by atoms with Crippen molar-refractivity contribution in [2.75, 3.05) is 11.9 Å². The lowest BCUT2D eigenvalue weighted by molar-refractivity contribution is -0.153. The number of halogens is 5. The Kier molecular flexibility index (Phi) is 6.15. The maximum atomic E-state index is 12.8. The molecule has 1 aromatic carbocycles. The van der Waals surface area contributed by atoms with E-state index in [4.69, 9.17) is 9.15 Å². The maximum Gasteiger partial charge on any atom is 0.422 e. The molecule has 2 heterocycles. The summed E-state index contributed by atoms with van der Waals surface area (Å²) < 4.78 is 74.3. The summed E-state index contributed by atoms with van der Waals surface area (Å²) in [5.74, 6) is 0.170. The Bertz CT molecular complexity index is 1230. The van der Waals surface area contributed by atoms with Crippen LogP contribution in [0, 0.1) is 6.92 Å². The van der Waals surface area contributed by atoms with Crippen LogP contribution in [0.5, 0.6) is 5.75 Å². The summed E-state index contributed by atoms with van der Waals surface area (Å²) in [5.41, 5.74) is -0.189. The number of anilines is 1. The molecule has 1 aliphatic carbocycles. The number of rotatable bonds is 6. The normalized spacial score (nSPS) is 20.8. The zero-order chi connectivity index (χ0) is 25.8. The number of fused-ring (bicyclic) bond motifs is 1. The molecule has 1 fully saturated rings. The SMILES string of the molecule is Cc1cc(-c2nnc(N[C@H]3C[C@](O)(C(F)F)C3)o2)nc2c(C(C)(C)C)cc(OCC(F)(F)F)cc12. The molecule has 3 aromatic rings. The highest BCUT2D eigenvalue weighted by Gasteiger charge is 2.50. The summed E-state index contributed by atoms with van der Waals surface area (Å²) in [6.45, 7) is 6.11. The van der Waals surface area contributed by atoms with Crippen LogP contribution in [0.1, 0.15) is 44.7 Å². The van der Waals surface area contributed by atoms with E-state index in [0.29, 0.717) is 27.7 Å². The molecule has 0 aliphatic heterocycles. The number of aryl methyl sites for hydroxylation is 1. The van der Waals surface area contributed by atoms with E-state index in [1.54, 1.807) is 19.1 Å². The third-order valence-corrected chi connectivity index (χ3v) is 5.88. The van der Waals surface area contributed by atoms with E-state index in [-0.39, 0.29) is 30.5 Å². The second-order valence-electron chi connectivity index (χ2n) is 9.91. The highest BCUT2D eigenvalue weighted by Crippen LogP contribution is 2.39. The number of nitrogens with one attached hydrogen (secondary N) is 1. The van der Waals surface area contributed by atoms with Crippen molar-refractivity contribution < 1.29 is 36.2 Å².